The van der Waals surface area contributed by atoms with E-state index in [0.29, 0.717) is 37.2 Å². The lowest BCUT2D eigenvalue weighted by molar-refractivity contribution is -0.113. The van der Waals surface area contributed by atoms with Crippen LogP contribution in [0.25, 0.3) is 11.4 Å². The number of hydrogen-bond acceptors (Lipinski definition) is 7. The van der Waals surface area contributed by atoms with Gasteiger partial charge in [0.15, 0.2) is 5.82 Å². The number of carbonyl (C=O) groups is 2. The fourth-order valence-electron chi connectivity index (χ4n) is 3.48. The summed E-state index contributed by atoms with van der Waals surface area (Å²) in [4.78, 5) is 30.7. The number of amides is 1. The Labute approximate surface area is 203 Å². The number of fused-ring (bicyclic) bond motifs is 1. The van der Waals surface area contributed by atoms with Gasteiger partial charge in [0, 0.05) is 15.5 Å². The molecule has 1 aromatic carbocycles. The summed E-state index contributed by atoms with van der Waals surface area (Å²) in [5.41, 5.74) is 2.19. The normalized spacial score (nSPS) is 13.0. The number of anilines is 1. The maximum Gasteiger partial charge on any atom is 0.341 e. The first kappa shape index (κ1) is 23.1. The molecule has 1 aliphatic carbocycles. The van der Waals surface area contributed by atoms with Gasteiger partial charge in [0.1, 0.15) is 5.00 Å². The smallest absolute Gasteiger partial charge is 0.341 e. The van der Waals surface area contributed by atoms with Gasteiger partial charge in [-0.3, -0.25) is 9.89 Å². The molecule has 0 radical (unpaired) electrons. The number of thiophene rings is 1. The molecule has 1 aliphatic rings. The molecule has 0 saturated heterocycles. The Morgan fingerprint density at radius 1 is 1.28 bits per heavy atom. The summed E-state index contributed by atoms with van der Waals surface area (Å²) in [6.07, 6.45) is 3.87. The number of aromatic amines is 1. The van der Waals surface area contributed by atoms with E-state index in [1.165, 1.54) is 23.1 Å². The van der Waals surface area contributed by atoms with Gasteiger partial charge in [-0.25, -0.2) is 9.78 Å². The number of aryl methyl sites for hydroxylation is 1. The number of ether oxygens (including phenoxy) is 1. The molecule has 32 heavy (non-hydrogen) atoms. The Kier molecular flexibility index (Phi) is 7.40. The van der Waals surface area contributed by atoms with Crippen LogP contribution >= 0.6 is 46.3 Å². The first-order valence-electron chi connectivity index (χ1n) is 10.1. The summed E-state index contributed by atoms with van der Waals surface area (Å²) in [7, 11) is 0. The highest BCUT2D eigenvalue weighted by Crippen LogP contribution is 2.38. The molecular formula is C21H20Cl2N4O3S2. The Bertz CT molecular complexity index is 1160. The fourth-order valence-corrected chi connectivity index (χ4v) is 5.87. The molecule has 4 rings (SSSR count). The molecule has 2 aromatic heterocycles. The van der Waals surface area contributed by atoms with Crippen molar-refractivity contribution in [3.05, 3.63) is 44.2 Å². The summed E-state index contributed by atoms with van der Waals surface area (Å²) in [6.45, 7) is 2.06. The molecule has 0 spiro atoms. The topological polar surface area (TPSA) is 97.0 Å². The molecular weight excluding hydrogens is 491 g/mol. The number of nitrogens with zero attached hydrogens (tertiary/aromatic N) is 2. The highest BCUT2D eigenvalue weighted by Gasteiger charge is 2.27. The lowest BCUT2D eigenvalue weighted by Crippen LogP contribution is -2.17. The first-order chi connectivity index (χ1) is 15.5. The summed E-state index contributed by atoms with van der Waals surface area (Å²) in [6, 6.07) is 5.10. The van der Waals surface area contributed by atoms with Crippen LogP contribution in [0.4, 0.5) is 5.00 Å². The molecule has 1 amide bonds. The molecule has 2 heterocycles. The molecule has 11 heteroatoms. The van der Waals surface area contributed by atoms with Crippen molar-refractivity contribution in [1.82, 2.24) is 15.2 Å². The van der Waals surface area contributed by atoms with Gasteiger partial charge in [0.25, 0.3) is 0 Å². The first-order valence-corrected chi connectivity index (χ1v) is 12.6. The zero-order valence-electron chi connectivity index (χ0n) is 17.2. The summed E-state index contributed by atoms with van der Waals surface area (Å²) in [5, 5.41) is 11.8. The zero-order valence-corrected chi connectivity index (χ0v) is 20.3. The second kappa shape index (κ2) is 10.2. The monoisotopic (exact) mass is 510 g/mol. The second-order valence-corrected chi connectivity index (χ2v) is 9.95. The van der Waals surface area contributed by atoms with Crippen molar-refractivity contribution >= 4 is 63.2 Å². The predicted molar refractivity (Wildman–Crippen MR) is 128 cm³/mol. The van der Waals surface area contributed by atoms with Crippen molar-refractivity contribution in [1.29, 1.82) is 0 Å². The quantitative estimate of drug-likeness (QED) is 0.316. The Morgan fingerprint density at radius 2 is 2.09 bits per heavy atom. The van der Waals surface area contributed by atoms with Crippen LogP contribution in [0.1, 0.15) is 40.6 Å². The third-order valence-electron chi connectivity index (χ3n) is 4.89. The van der Waals surface area contributed by atoms with Gasteiger partial charge in [0.2, 0.25) is 11.1 Å². The van der Waals surface area contributed by atoms with Crippen LogP contribution in [-0.4, -0.2) is 39.4 Å². The summed E-state index contributed by atoms with van der Waals surface area (Å²) < 4.78 is 5.23. The van der Waals surface area contributed by atoms with Crippen molar-refractivity contribution in [2.45, 2.75) is 37.8 Å². The minimum absolute atomic E-state index is 0.0937. The number of rotatable bonds is 7. The van der Waals surface area contributed by atoms with Gasteiger partial charge >= 0.3 is 5.97 Å². The number of esters is 1. The highest BCUT2D eigenvalue weighted by atomic mass is 35.5. The molecule has 0 atom stereocenters. The van der Waals surface area contributed by atoms with Crippen LogP contribution in [0.5, 0.6) is 0 Å². The summed E-state index contributed by atoms with van der Waals surface area (Å²) in [5.74, 6) is -0.0374. The van der Waals surface area contributed by atoms with E-state index >= 15 is 0 Å². The SMILES string of the molecule is CCOC(=O)c1c(NC(=O)CSc2n[nH]c(-c3ccc(Cl)cc3Cl)n2)sc2c1CCCC2. The van der Waals surface area contributed by atoms with E-state index in [1.54, 1.807) is 25.1 Å². The maximum atomic E-state index is 12.6. The van der Waals surface area contributed by atoms with E-state index in [2.05, 4.69) is 20.5 Å². The molecule has 7 nitrogen and oxygen atoms in total. The number of H-pyrrole nitrogens is 1. The van der Waals surface area contributed by atoms with Crippen molar-refractivity contribution < 1.29 is 14.3 Å². The van der Waals surface area contributed by atoms with Gasteiger partial charge in [0.05, 0.1) is 22.9 Å². The Hall–Kier alpha value is -2.07. The number of halogens is 2. The van der Waals surface area contributed by atoms with E-state index in [1.807, 2.05) is 0 Å². The van der Waals surface area contributed by atoms with Crippen LogP contribution in [0.3, 0.4) is 0 Å². The largest absolute Gasteiger partial charge is 0.462 e. The van der Waals surface area contributed by atoms with Crippen molar-refractivity contribution in [2.24, 2.45) is 0 Å². The molecule has 0 unspecified atom stereocenters. The van der Waals surface area contributed by atoms with Crippen LogP contribution in [-0.2, 0) is 22.4 Å². The predicted octanol–water partition coefficient (Wildman–Crippen LogP) is 5.63. The molecule has 0 aliphatic heterocycles. The molecule has 2 N–H and O–H groups in total. The highest BCUT2D eigenvalue weighted by molar-refractivity contribution is 7.99. The van der Waals surface area contributed by atoms with E-state index in [9.17, 15) is 9.59 Å². The minimum Gasteiger partial charge on any atom is -0.462 e. The Morgan fingerprint density at radius 3 is 2.88 bits per heavy atom. The van der Waals surface area contributed by atoms with Crippen molar-refractivity contribution in [3.8, 4) is 11.4 Å². The standard InChI is InChI=1S/C21H20Cl2N4O3S2/c1-2-30-20(29)17-13-5-3-4-6-15(13)32-19(17)24-16(28)10-31-21-25-18(26-27-21)12-8-7-11(22)9-14(12)23/h7-9H,2-6,10H2,1H3,(H,24,28)(H,25,26,27). The molecule has 0 saturated carbocycles. The van der Waals surface area contributed by atoms with E-state index in [0.717, 1.165) is 36.1 Å². The van der Waals surface area contributed by atoms with Gasteiger partial charge in [-0.1, -0.05) is 35.0 Å². The van der Waals surface area contributed by atoms with Gasteiger partial charge in [-0.15, -0.1) is 16.4 Å². The van der Waals surface area contributed by atoms with Crippen LogP contribution < -0.4 is 5.32 Å². The minimum atomic E-state index is -0.381. The molecule has 0 bridgehead atoms. The number of hydrogen-bond donors (Lipinski definition) is 2. The average Bonchev–Trinajstić information content (AvgIpc) is 3.36. The van der Waals surface area contributed by atoms with Crippen LogP contribution in [0, 0.1) is 0 Å². The van der Waals surface area contributed by atoms with E-state index in [4.69, 9.17) is 27.9 Å². The van der Waals surface area contributed by atoms with Gasteiger partial charge < -0.3 is 10.1 Å². The fraction of sp³-hybridized carbons (Fsp3) is 0.333. The molecule has 3 aromatic rings. The van der Waals surface area contributed by atoms with Crippen LogP contribution in [0.15, 0.2) is 23.4 Å². The number of nitrogens with one attached hydrogen (secondary N) is 2. The molecule has 0 fully saturated rings. The maximum absolute atomic E-state index is 12.6. The third kappa shape index (κ3) is 5.11. The number of benzene rings is 1. The van der Waals surface area contributed by atoms with Crippen LogP contribution in [0.2, 0.25) is 10.0 Å². The second-order valence-electron chi connectivity index (χ2n) is 7.06. The average molecular weight is 511 g/mol. The lowest BCUT2D eigenvalue weighted by Gasteiger charge is -2.12. The van der Waals surface area contributed by atoms with E-state index < -0.39 is 0 Å². The lowest BCUT2D eigenvalue weighted by atomic mass is 9.95. The molecule has 168 valence electrons. The number of thioether (sulfide) groups is 1. The third-order valence-corrected chi connectivity index (χ3v) is 7.49. The number of aromatic nitrogens is 3. The summed E-state index contributed by atoms with van der Waals surface area (Å²) >= 11 is 14.8. The van der Waals surface area contributed by atoms with Gasteiger partial charge in [-0.2, -0.15) is 0 Å². The van der Waals surface area contributed by atoms with Gasteiger partial charge in [-0.05, 0) is 56.4 Å². The van der Waals surface area contributed by atoms with E-state index in [-0.39, 0.29) is 24.2 Å². The zero-order chi connectivity index (χ0) is 22.7. The van der Waals surface area contributed by atoms with Crippen molar-refractivity contribution in [2.75, 3.05) is 17.7 Å². The Balaban J connectivity index is 1.43. The number of carbonyl (C=O) groups excluding carboxylic acids is 2. The van der Waals surface area contributed by atoms with Crippen molar-refractivity contribution in [3.63, 3.8) is 0 Å².